The molecule has 4 heteroatoms. The summed E-state index contributed by atoms with van der Waals surface area (Å²) in [6.45, 7) is 18.9. The smallest absolute Gasteiger partial charge is 0.225 e. The largest absolute Gasteiger partial charge is 0.384 e. The van der Waals surface area contributed by atoms with Gasteiger partial charge >= 0.3 is 0 Å². The Morgan fingerprint density at radius 2 is 1.02 bits per heavy atom. The van der Waals surface area contributed by atoms with Gasteiger partial charge in [-0.15, -0.1) is 0 Å². The average Bonchev–Trinajstić information content (AvgIpc) is 3.16. The number of ketones is 3. The van der Waals surface area contributed by atoms with E-state index in [0.29, 0.717) is 11.1 Å². The van der Waals surface area contributed by atoms with Gasteiger partial charge in [0.1, 0.15) is 6.10 Å². The number of aliphatic hydroxyl groups excluding tert-OH is 1. The van der Waals surface area contributed by atoms with Crippen LogP contribution in [0.25, 0.3) is 0 Å². The maximum Gasteiger partial charge on any atom is 0.225 e. The van der Waals surface area contributed by atoms with Crippen LogP contribution in [0.5, 0.6) is 0 Å². The number of aliphatic hydroxyl groups is 1. The van der Waals surface area contributed by atoms with Crippen molar-refractivity contribution in [2.24, 2.45) is 10.8 Å². The predicted octanol–water partition coefficient (Wildman–Crippen LogP) is 8.33. The molecule has 0 aromatic heterocycles. The van der Waals surface area contributed by atoms with E-state index in [4.69, 9.17) is 0 Å². The molecule has 0 aliphatic heterocycles. The fourth-order valence-electron chi connectivity index (χ4n) is 4.91. The Kier molecular flexibility index (Phi) is 11.7. The van der Waals surface area contributed by atoms with Crippen LogP contribution in [0.1, 0.15) is 69.2 Å². The molecule has 1 unspecified atom stereocenters. The molecule has 0 bridgehead atoms. The van der Waals surface area contributed by atoms with E-state index < -0.39 is 16.9 Å². The third kappa shape index (κ3) is 8.33. The third-order valence-corrected chi connectivity index (χ3v) is 7.88. The molecule has 2 rings (SSSR count). The SMILES string of the molecule is CC(C=CC=C(C)C=CC1=C(C)C(=O)C(=O)C1(C)C)=CC=CC=C(C)C=CC=C(C)C=CC1=C(C)C(=O)C(O)C1(C)C. The first-order valence-corrected chi connectivity index (χ1v) is 14.3. The maximum atomic E-state index is 12.2. The molecule has 0 amide bonds. The molecule has 4 nitrogen and oxygen atoms in total. The van der Waals surface area contributed by atoms with Crippen LogP contribution in [-0.2, 0) is 14.4 Å². The standard InChI is InChI=1S/C38H46O4/c1-25(17-13-19-27(3)21-23-31-29(5)33(39)35(41)37(31,7)8)15-11-12-16-26(2)18-14-20-28(4)22-24-32-30(6)34(40)36(42)38(32,9)10/h11-24,35,41H,1-10H3. The highest BCUT2D eigenvalue weighted by atomic mass is 16.3. The zero-order valence-electron chi connectivity index (χ0n) is 26.8. The first-order valence-electron chi connectivity index (χ1n) is 14.3. The van der Waals surface area contributed by atoms with Gasteiger partial charge in [-0.1, -0.05) is 121 Å². The van der Waals surface area contributed by atoms with E-state index >= 15 is 0 Å². The highest BCUT2D eigenvalue weighted by Crippen LogP contribution is 2.41. The lowest BCUT2D eigenvalue weighted by Gasteiger charge is -2.24. The summed E-state index contributed by atoms with van der Waals surface area (Å²) in [7, 11) is 0. The predicted molar refractivity (Wildman–Crippen MR) is 175 cm³/mol. The van der Waals surface area contributed by atoms with Gasteiger partial charge in [0.2, 0.25) is 11.6 Å². The molecule has 222 valence electrons. The molecule has 0 heterocycles. The minimum Gasteiger partial charge on any atom is -0.384 e. The molecule has 0 spiro atoms. The van der Waals surface area contributed by atoms with Crippen molar-refractivity contribution in [3.8, 4) is 0 Å². The Bertz CT molecular complexity index is 1460. The second kappa shape index (κ2) is 14.3. The summed E-state index contributed by atoms with van der Waals surface area (Å²) in [4.78, 5) is 36.3. The van der Waals surface area contributed by atoms with Gasteiger partial charge in [0, 0.05) is 11.0 Å². The lowest BCUT2D eigenvalue weighted by molar-refractivity contribution is -0.137. The van der Waals surface area contributed by atoms with Crippen molar-refractivity contribution in [1.82, 2.24) is 0 Å². The second-order valence-corrected chi connectivity index (χ2v) is 12.3. The van der Waals surface area contributed by atoms with E-state index in [1.54, 1.807) is 27.7 Å². The van der Waals surface area contributed by atoms with Crippen molar-refractivity contribution in [2.75, 3.05) is 0 Å². The van der Waals surface area contributed by atoms with Gasteiger partial charge in [0.05, 0.1) is 5.41 Å². The summed E-state index contributed by atoms with van der Waals surface area (Å²) < 4.78 is 0. The number of Topliss-reactive ketones (excluding diaryl/α,β-unsaturated/α-hetero) is 3. The summed E-state index contributed by atoms with van der Waals surface area (Å²) in [6.07, 6.45) is 26.9. The topological polar surface area (TPSA) is 71.4 Å². The number of hydrogen-bond donors (Lipinski definition) is 1. The van der Waals surface area contributed by atoms with Crippen molar-refractivity contribution >= 4 is 17.3 Å². The monoisotopic (exact) mass is 566 g/mol. The van der Waals surface area contributed by atoms with E-state index in [1.165, 1.54) is 0 Å². The van der Waals surface area contributed by atoms with E-state index in [1.807, 2.05) is 127 Å². The number of hydrogen-bond acceptors (Lipinski definition) is 4. The van der Waals surface area contributed by atoms with Gasteiger partial charge in [-0.2, -0.15) is 0 Å². The highest BCUT2D eigenvalue weighted by molar-refractivity contribution is 6.48. The first kappa shape index (κ1) is 34.3. The minimum atomic E-state index is -0.980. The maximum absolute atomic E-state index is 12.2. The van der Waals surface area contributed by atoms with Crippen LogP contribution >= 0.6 is 0 Å². The number of carbonyl (C=O) groups is 3. The molecule has 0 fully saturated rings. The number of rotatable bonds is 10. The second-order valence-electron chi connectivity index (χ2n) is 12.3. The molecule has 42 heavy (non-hydrogen) atoms. The molecule has 0 aromatic rings. The minimum absolute atomic E-state index is 0.191. The van der Waals surface area contributed by atoms with Gasteiger partial charge in [0.25, 0.3) is 0 Å². The number of carbonyl (C=O) groups excluding carboxylic acids is 3. The van der Waals surface area contributed by atoms with Gasteiger partial charge in [0.15, 0.2) is 5.78 Å². The van der Waals surface area contributed by atoms with Gasteiger partial charge in [-0.3, -0.25) is 14.4 Å². The highest BCUT2D eigenvalue weighted by Gasteiger charge is 2.44. The number of allylic oxidation sites excluding steroid dienone is 20. The van der Waals surface area contributed by atoms with Crippen LogP contribution in [0.3, 0.4) is 0 Å². The molecule has 0 radical (unpaired) electrons. The van der Waals surface area contributed by atoms with Crippen LogP contribution in [0.2, 0.25) is 0 Å². The van der Waals surface area contributed by atoms with Crippen LogP contribution in [0.4, 0.5) is 0 Å². The average molecular weight is 567 g/mol. The van der Waals surface area contributed by atoms with E-state index in [-0.39, 0.29) is 17.3 Å². The molecule has 1 atom stereocenters. The summed E-state index contributed by atoms with van der Waals surface area (Å²) in [5.74, 6) is -0.916. The Balaban J connectivity index is 1.93. The van der Waals surface area contributed by atoms with E-state index in [2.05, 4.69) is 0 Å². The summed E-state index contributed by atoms with van der Waals surface area (Å²) in [5.41, 5.74) is 5.76. The molecule has 2 aliphatic carbocycles. The summed E-state index contributed by atoms with van der Waals surface area (Å²) in [6, 6.07) is 0. The fraction of sp³-hybridized carbons (Fsp3) is 0.342. The van der Waals surface area contributed by atoms with Crippen LogP contribution in [0.15, 0.2) is 130 Å². The van der Waals surface area contributed by atoms with Crippen LogP contribution < -0.4 is 0 Å². The van der Waals surface area contributed by atoms with Gasteiger partial charge < -0.3 is 5.11 Å². The zero-order valence-corrected chi connectivity index (χ0v) is 26.8. The van der Waals surface area contributed by atoms with E-state index in [9.17, 15) is 19.5 Å². The quantitative estimate of drug-likeness (QED) is 0.213. The molecular formula is C38H46O4. The molecule has 0 saturated heterocycles. The molecule has 0 aromatic carbocycles. The van der Waals surface area contributed by atoms with Crippen molar-refractivity contribution in [1.29, 1.82) is 0 Å². The lowest BCUT2D eigenvalue weighted by Crippen LogP contribution is -2.30. The normalized spacial score (nSPS) is 22.8. The van der Waals surface area contributed by atoms with Crippen molar-refractivity contribution < 1.29 is 19.5 Å². The molecular weight excluding hydrogens is 520 g/mol. The van der Waals surface area contributed by atoms with Crippen molar-refractivity contribution in [3.63, 3.8) is 0 Å². The van der Waals surface area contributed by atoms with Crippen LogP contribution in [-0.4, -0.2) is 28.6 Å². The van der Waals surface area contributed by atoms with Crippen molar-refractivity contribution in [3.05, 3.63) is 130 Å². The fourth-order valence-corrected chi connectivity index (χ4v) is 4.91. The third-order valence-electron chi connectivity index (χ3n) is 7.88. The summed E-state index contributed by atoms with van der Waals surface area (Å²) in [5, 5.41) is 10.2. The Hall–Kier alpha value is -3.89. The molecule has 0 saturated carbocycles. The van der Waals surface area contributed by atoms with Gasteiger partial charge in [-0.25, -0.2) is 0 Å². The Morgan fingerprint density at radius 3 is 1.40 bits per heavy atom. The van der Waals surface area contributed by atoms with E-state index in [0.717, 1.165) is 33.4 Å². The van der Waals surface area contributed by atoms with Crippen molar-refractivity contribution in [2.45, 2.75) is 75.3 Å². The molecule has 2 aliphatic rings. The zero-order chi connectivity index (χ0) is 31.8. The molecule has 1 N–H and O–H groups in total. The lowest BCUT2D eigenvalue weighted by atomic mass is 9.83. The summed E-state index contributed by atoms with van der Waals surface area (Å²) >= 11 is 0. The first-order chi connectivity index (χ1) is 19.5. The van der Waals surface area contributed by atoms with Gasteiger partial charge in [-0.05, 0) is 72.1 Å². The Morgan fingerprint density at radius 1 is 0.619 bits per heavy atom. The van der Waals surface area contributed by atoms with Crippen LogP contribution in [0, 0.1) is 10.8 Å². The Labute approximate surface area is 252 Å².